The minimum absolute atomic E-state index is 0.106. The van der Waals surface area contributed by atoms with Gasteiger partial charge >= 0.3 is 12.0 Å². The Morgan fingerprint density at radius 3 is 2.22 bits per heavy atom. The van der Waals surface area contributed by atoms with Crippen LogP contribution in [0.25, 0.3) is 0 Å². The Balaban J connectivity index is 4.08. The molecule has 0 saturated carbocycles. The third-order valence-corrected chi connectivity index (χ3v) is 2.15. The maximum absolute atomic E-state index is 11.5. The van der Waals surface area contributed by atoms with Gasteiger partial charge in [0.15, 0.2) is 0 Å². The van der Waals surface area contributed by atoms with Gasteiger partial charge in [-0.2, -0.15) is 0 Å². The fourth-order valence-electron chi connectivity index (χ4n) is 1.02. The first-order chi connectivity index (χ1) is 8.23. The van der Waals surface area contributed by atoms with Crippen LogP contribution in [0.2, 0.25) is 0 Å². The zero-order chi connectivity index (χ0) is 14.3. The highest BCUT2D eigenvalue weighted by atomic mass is 16.4. The summed E-state index contributed by atoms with van der Waals surface area (Å²) in [6, 6.07) is -1.58. The first-order valence-electron chi connectivity index (χ1n) is 5.75. The molecular weight excluding hydrogens is 238 g/mol. The Labute approximate surface area is 107 Å². The molecule has 0 aromatic heterocycles. The second-order valence-electron chi connectivity index (χ2n) is 4.56. The van der Waals surface area contributed by atoms with Gasteiger partial charge in [0.25, 0.3) is 0 Å². The van der Waals surface area contributed by atoms with Gasteiger partial charge in [0.1, 0.15) is 12.6 Å². The van der Waals surface area contributed by atoms with E-state index in [0.29, 0.717) is 12.5 Å². The number of nitrogens with zero attached hydrogens (tertiary/aromatic N) is 1. The third-order valence-electron chi connectivity index (χ3n) is 2.15. The lowest BCUT2D eigenvalue weighted by atomic mass is 10.2. The van der Waals surface area contributed by atoms with Crippen LogP contribution in [0.5, 0.6) is 0 Å². The van der Waals surface area contributed by atoms with E-state index >= 15 is 0 Å². The van der Waals surface area contributed by atoms with Crippen molar-refractivity contribution < 1.29 is 19.5 Å². The summed E-state index contributed by atoms with van der Waals surface area (Å²) in [5, 5.41) is 13.6. The van der Waals surface area contributed by atoms with Crippen molar-refractivity contribution in [1.82, 2.24) is 15.5 Å². The highest BCUT2D eigenvalue weighted by molar-refractivity contribution is 5.86. The quantitative estimate of drug-likeness (QED) is 0.619. The van der Waals surface area contributed by atoms with Crippen molar-refractivity contribution in [2.75, 3.05) is 20.1 Å². The topological polar surface area (TPSA) is 98.7 Å². The van der Waals surface area contributed by atoms with Crippen molar-refractivity contribution >= 4 is 17.9 Å². The number of carboxylic acids is 1. The molecule has 0 aliphatic rings. The number of amides is 3. The number of carbonyl (C=O) groups is 3. The number of aliphatic carboxylic acids is 1. The van der Waals surface area contributed by atoms with E-state index in [1.165, 1.54) is 14.0 Å². The molecule has 0 rings (SSSR count). The van der Waals surface area contributed by atoms with Crippen molar-refractivity contribution in [3.8, 4) is 0 Å². The Hall–Kier alpha value is -1.79. The normalized spacial score (nSPS) is 11.8. The number of nitrogens with one attached hydrogen (secondary N) is 2. The van der Waals surface area contributed by atoms with Crippen molar-refractivity contribution in [2.24, 2.45) is 5.92 Å². The number of carboxylic acid groups (broad SMARTS) is 1. The molecule has 7 nitrogen and oxygen atoms in total. The molecule has 7 heteroatoms. The van der Waals surface area contributed by atoms with Crippen molar-refractivity contribution in [3.05, 3.63) is 0 Å². The van der Waals surface area contributed by atoms with Crippen molar-refractivity contribution in [3.63, 3.8) is 0 Å². The average molecular weight is 259 g/mol. The number of hydrogen-bond donors (Lipinski definition) is 3. The molecule has 3 amide bonds. The van der Waals surface area contributed by atoms with Gasteiger partial charge in [-0.15, -0.1) is 0 Å². The fourth-order valence-corrected chi connectivity index (χ4v) is 1.02. The molecule has 0 heterocycles. The maximum Gasteiger partial charge on any atom is 0.325 e. The predicted molar refractivity (Wildman–Crippen MR) is 66.1 cm³/mol. The molecule has 18 heavy (non-hydrogen) atoms. The Bertz CT molecular complexity index is 317. The predicted octanol–water partition coefficient (Wildman–Crippen LogP) is -0.127. The molecule has 0 aliphatic heterocycles. The Kier molecular flexibility index (Phi) is 6.77. The maximum atomic E-state index is 11.5. The highest BCUT2D eigenvalue weighted by Crippen LogP contribution is 1.90. The monoisotopic (exact) mass is 259 g/mol. The van der Waals surface area contributed by atoms with Crippen LogP contribution in [-0.4, -0.2) is 54.1 Å². The van der Waals surface area contributed by atoms with Crippen LogP contribution < -0.4 is 10.6 Å². The van der Waals surface area contributed by atoms with Crippen LogP contribution in [0.15, 0.2) is 0 Å². The van der Waals surface area contributed by atoms with Gasteiger partial charge in [0.2, 0.25) is 5.91 Å². The summed E-state index contributed by atoms with van der Waals surface area (Å²) >= 11 is 0. The molecule has 0 radical (unpaired) electrons. The molecule has 0 aromatic rings. The summed E-state index contributed by atoms with van der Waals surface area (Å²) in [6.45, 7) is 5.72. The van der Waals surface area contributed by atoms with Crippen molar-refractivity contribution in [2.45, 2.75) is 26.8 Å². The SMILES string of the molecule is CC(C)CNC(=O)CN(C)C(=O)N[C@@H](C)C(=O)O. The number of carbonyl (C=O) groups excluding carboxylic acids is 2. The summed E-state index contributed by atoms with van der Waals surface area (Å²) in [5.74, 6) is -1.06. The summed E-state index contributed by atoms with van der Waals surface area (Å²) in [7, 11) is 1.43. The summed E-state index contributed by atoms with van der Waals surface area (Å²) in [6.07, 6.45) is 0. The molecule has 1 atom stereocenters. The summed E-state index contributed by atoms with van der Waals surface area (Å²) < 4.78 is 0. The molecule has 0 unspecified atom stereocenters. The van der Waals surface area contributed by atoms with E-state index in [-0.39, 0.29) is 12.5 Å². The lowest BCUT2D eigenvalue weighted by molar-refractivity contribution is -0.138. The zero-order valence-corrected chi connectivity index (χ0v) is 11.2. The third kappa shape index (κ3) is 6.72. The minimum Gasteiger partial charge on any atom is -0.480 e. The van der Waals surface area contributed by atoms with Gasteiger partial charge in [0.05, 0.1) is 0 Å². The molecule has 104 valence electrons. The van der Waals surface area contributed by atoms with Crippen LogP contribution in [0, 0.1) is 5.92 Å². The zero-order valence-electron chi connectivity index (χ0n) is 11.2. The van der Waals surface area contributed by atoms with Crippen LogP contribution in [0.1, 0.15) is 20.8 Å². The molecule has 0 bridgehead atoms. The lowest BCUT2D eigenvalue weighted by Crippen LogP contribution is -2.48. The first kappa shape index (κ1) is 16.2. The highest BCUT2D eigenvalue weighted by Gasteiger charge is 2.18. The van der Waals surface area contributed by atoms with E-state index in [2.05, 4.69) is 10.6 Å². The number of likely N-dealkylation sites (N-methyl/N-ethyl adjacent to an activating group) is 1. The van der Waals surface area contributed by atoms with E-state index in [1.807, 2.05) is 13.8 Å². The van der Waals surface area contributed by atoms with Gasteiger partial charge in [0, 0.05) is 13.6 Å². The standard InChI is InChI=1S/C11H21N3O4/c1-7(2)5-12-9(15)6-14(4)11(18)13-8(3)10(16)17/h7-8H,5-6H2,1-4H3,(H,12,15)(H,13,18)(H,16,17)/t8-/m0/s1. The van der Waals surface area contributed by atoms with Gasteiger partial charge in [-0.25, -0.2) is 4.79 Å². The first-order valence-corrected chi connectivity index (χ1v) is 5.75. The largest absolute Gasteiger partial charge is 0.480 e. The lowest BCUT2D eigenvalue weighted by Gasteiger charge is -2.19. The van der Waals surface area contributed by atoms with Crippen LogP contribution >= 0.6 is 0 Å². The van der Waals surface area contributed by atoms with Crippen molar-refractivity contribution in [1.29, 1.82) is 0 Å². The van der Waals surface area contributed by atoms with Crippen LogP contribution in [0.3, 0.4) is 0 Å². The minimum atomic E-state index is -1.12. The van der Waals surface area contributed by atoms with Crippen LogP contribution in [-0.2, 0) is 9.59 Å². The second-order valence-corrected chi connectivity index (χ2v) is 4.56. The Morgan fingerprint density at radius 2 is 1.78 bits per heavy atom. The van der Waals surface area contributed by atoms with Gasteiger partial charge in [-0.3, -0.25) is 9.59 Å². The summed E-state index contributed by atoms with van der Waals surface area (Å²) in [5.41, 5.74) is 0. The Morgan fingerprint density at radius 1 is 1.22 bits per heavy atom. The van der Waals surface area contributed by atoms with E-state index in [4.69, 9.17) is 5.11 Å². The molecular formula is C11H21N3O4. The van der Waals surface area contributed by atoms with E-state index in [9.17, 15) is 14.4 Å². The molecule has 3 N–H and O–H groups in total. The van der Waals surface area contributed by atoms with Gasteiger partial charge in [-0.1, -0.05) is 13.8 Å². The van der Waals surface area contributed by atoms with Gasteiger partial charge < -0.3 is 20.6 Å². The van der Waals surface area contributed by atoms with Crippen LogP contribution in [0.4, 0.5) is 4.79 Å². The smallest absolute Gasteiger partial charge is 0.325 e. The van der Waals surface area contributed by atoms with E-state index in [0.717, 1.165) is 4.90 Å². The average Bonchev–Trinajstić information content (AvgIpc) is 2.25. The van der Waals surface area contributed by atoms with Gasteiger partial charge in [-0.05, 0) is 12.8 Å². The molecule has 0 fully saturated rings. The molecule has 0 aliphatic carbocycles. The molecule has 0 aromatic carbocycles. The number of hydrogen-bond acceptors (Lipinski definition) is 3. The summed E-state index contributed by atoms with van der Waals surface area (Å²) in [4.78, 5) is 34.6. The molecule has 0 spiro atoms. The molecule has 0 saturated heterocycles. The fraction of sp³-hybridized carbons (Fsp3) is 0.727. The number of rotatable bonds is 6. The van der Waals surface area contributed by atoms with E-state index < -0.39 is 18.0 Å². The second kappa shape index (κ2) is 7.52. The van der Waals surface area contributed by atoms with E-state index in [1.54, 1.807) is 0 Å². The number of urea groups is 1.